The van der Waals surface area contributed by atoms with Gasteiger partial charge >= 0.3 is 0 Å². The molecule has 2 rings (SSSR count). The Morgan fingerprint density at radius 2 is 2.22 bits per heavy atom. The zero-order valence-corrected chi connectivity index (χ0v) is 16.5. The van der Waals surface area contributed by atoms with Crippen molar-refractivity contribution in [2.45, 2.75) is 44.6 Å². The Morgan fingerprint density at radius 1 is 1.39 bits per heavy atom. The molecule has 6 nitrogen and oxygen atoms in total. The van der Waals surface area contributed by atoms with Crippen molar-refractivity contribution >= 4 is 29.9 Å². The molecule has 2 aliphatic rings. The minimum atomic E-state index is -0.561. The third kappa shape index (κ3) is 8.00. The first-order valence-electron chi connectivity index (χ1n) is 8.62. The summed E-state index contributed by atoms with van der Waals surface area (Å²) in [5, 5.41) is 16.6. The van der Waals surface area contributed by atoms with Crippen LogP contribution in [0.3, 0.4) is 0 Å². The second-order valence-electron chi connectivity index (χ2n) is 6.36. The van der Waals surface area contributed by atoms with Crippen LogP contribution in [-0.4, -0.2) is 62.7 Å². The van der Waals surface area contributed by atoms with Gasteiger partial charge in [0.2, 0.25) is 0 Å². The maximum absolute atomic E-state index is 10.1. The van der Waals surface area contributed by atoms with Crippen LogP contribution >= 0.6 is 24.0 Å². The van der Waals surface area contributed by atoms with Gasteiger partial charge in [-0.3, -0.25) is 4.99 Å². The molecule has 0 aromatic carbocycles. The van der Waals surface area contributed by atoms with E-state index >= 15 is 0 Å². The van der Waals surface area contributed by atoms with Gasteiger partial charge in [0.05, 0.1) is 25.4 Å². The fourth-order valence-electron chi connectivity index (χ4n) is 2.66. The molecule has 1 aliphatic heterocycles. The second kappa shape index (κ2) is 11.4. The Balaban J connectivity index is 0.00000264. The average molecular weight is 441 g/mol. The minimum Gasteiger partial charge on any atom is -0.388 e. The Bertz CT molecular complexity index is 345. The van der Waals surface area contributed by atoms with Crippen molar-refractivity contribution in [2.75, 3.05) is 46.1 Å². The van der Waals surface area contributed by atoms with Crippen LogP contribution in [-0.2, 0) is 9.47 Å². The van der Waals surface area contributed by atoms with E-state index in [1.54, 1.807) is 0 Å². The molecule has 3 N–H and O–H groups in total. The summed E-state index contributed by atoms with van der Waals surface area (Å²) in [6.07, 6.45) is 4.92. The predicted octanol–water partition coefficient (Wildman–Crippen LogP) is 1.52. The van der Waals surface area contributed by atoms with E-state index in [1.165, 1.54) is 0 Å². The molecule has 0 bridgehead atoms. The van der Waals surface area contributed by atoms with E-state index in [0.29, 0.717) is 12.5 Å². The smallest absolute Gasteiger partial charge is 0.191 e. The van der Waals surface area contributed by atoms with Crippen molar-refractivity contribution in [1.29, 1.82) is 0 Å². The van der Waals surface area contributed by atoms with Crippen molar-refractivity contribution in [1.82, 2.24) is 10.6 Å². The molecular formula is C16H32IN3O3. The number of ether oxygens (including phenoxy) is 2. The normalized spacial score (nSPS) is 23.0. The highest BCUT2D eigenvalue weighted by atomic mass is 127. The van der Waals surface area contributed by atoms with Crippen molar-refractivity contribution in [3.63, 3.8) is 0 Å². The largest absolute Gasteiger partial charge is 0.388 e. The molecule has 1 heterocycles. The summed E-state index contributed by atoms with van der Waals surface area (Å²) in [5.41, 5.74) is -0.561. The Hall–Kier alpha value is -0.120. The van der Waals surface area contributed by atoms with Gasteiger partial charge in [-0.2, -0.15) is 0 Å². The lowest BCUT2D eigenvalue weighted by molar-refractivity contribution is -0.0236. The van der Waals surface area contributed by atoms with Gasteiger partial charge in [0.15, 0.2) is 5.96 Å². The first kappa shape index (κ1) is 20.9. The number of rotatable bonds is 9. The van der Waals surface area contributed by atoms with Crippen LogP contribution in [0, 0.1) is 5.92 Å². The minimum absolute atomic E-state index is 0. The summed E-state index contributed by atoms with van der Waals surface area (Å²) in [5.74, 6) is 1.36. The molecule has 0 aromatic heterocycles. The molecule has 2 fully saturated rings. The zero-order valence-electron chi connectivity index (χ0n) is 14.2. The van der Waals surface area contributed by atoms with E-state index in [0.717, 1.165) is 77.6 Å². The highest BCUT2D eigenvalue weighted by Crippen LogP contribution is 2.31. The summed E-state index contributed by atoms with van der Waals surface area (Å²) in [4.78, 5) is 4.48. The molecule has 23 heavy (non-hydrogen) atoms. The Morgan fingerprint density at radius 3 is 2.83 bits per heavy atom. The van der Waals surface area contributed by atoms with Gasteiger partial charge in [0, 0.05) is 32.2 Å². The fraction of sp³-hybridized carbons (Fsp3) is 0.938. The SMILES string of the molecule is CCNC(=NCC1(O)CCC1)NCCCOCC1CCOC1.I. The number of nitrogens with one attached hydrogen (secondary N) is 2. The lowest BCUT2D eigenvalue weighted by Gasteiger charge is -2.35. The summed E-state index contributed by atoms with van der Waals surface area (Å²) in [7, 11) is 0. The predicted molar refractivity (Wildman–Crippen MR) is 103 cm³/mol. The van der Waals surface area contributed by atoms with Crippen molar-refractivity contribution < 1.29 is 14.6 Å². The number of hydrogen-bond donors (Lipinski definition) is 3. The number of aliphatic imine (C=N–C) groups is 1. The van der Waals surface area contributed by atoms with Crippen LogP contribution in [0.25, 0.3) is 0 Å². The molecule has 1 saturated carbocycles. The number of aliphatic hydroxyl groups is 1. The average Bonchev–Trinajstić information content (AvgIpc) is 2.99. The molecule has 0 amide bonds. The molecule has 136 valence electrons. The Labute approximate surface area is 156 Å². The van der Waals surface area contributed by atoms with Gasteiger partial charge in [-0.05, 0) is 39.0 Å². The van der Waals surface area contributed by atoms with E-state index in [4.69, 9.17) is 9.47 Å². The van der Waals surface area contributed by atoms with E-state index < -0.39 is 5.60 Å². The summed E-state index contributed by atoms with van der Waals surface area (Å²) < 4.78 is 11.0. The molecule has 0 spiro atoms. The van der Waals surface area contributed by atoms with Crippen molar-refractivity contribution in [3.05, 3.63) is 0 Å². The van der Waals surface area contributed by atoms with E-state index in [2.05, 4.69) is 15.6 Å². The van der Waals surface area contributed by atoms with Gasteiger partial charge in [-0.15, -0.1) is 24.0 Å². The maximum Gasteiger partial charge on any atom is 0.191 e. The van der Waals surface area contributed by atoms with E-state index in [9.17, 15) is 5.11 Å². The summed E-state index contributed by atoms with van der Waals surface area (Å²) >= 11 is 0. The van der Waals surface area contributed by atoms with Crippen LogP contribution in [0.4, 0.5) is 0 Å². The lowest BCUT2D eigenvalue weighted by Crippen LogP contribution is -2.43. The van der Waals surface area contributed by atoms with Crippen molar-refractivity contribution in [3.8, 4) is 0 Å². The lowest BCUT2D eigenvalue weighted by atomic mass is 9.80. The van der Waals surface area contributed by atoms with Crippen LogP contribution in [0.15, 0.2) is 4.99 Å². The molecule has 1 aliphatic carbocycles. The molecule has 1 saturated heterocycles. The second-order valence-corrected chi connectivity index (χ2v) is 6.36. The Kier molecular flexibility index (Phi) is 10.4. The number of nitrogens with zero attached hydrogens (tertiary/aromatic N) is 1. The van der Waals surface area contributed by atoms with Gasteiger partial charge < -0.3 is 25.2 Å². The van der Waals surface area contributed by atoms with Crippen molar-refractivity contribution in [2.24, 2.45) is 10.9 Å². The molecule has 1 atom stereocenters. The van der Waals surface area contributed by atoms with Crippen LogP contribution in [0.1, 0.15) is 39.0 Å². The number of hydrogen-bond acceptors (Lipinski definition) is 4. The van der Waals surface area contributed by atoms with Crippen LogP contribution in [0.5, 0.6) is 0 Å². The third-order valence-electron chi connectivity index (χ3n) is 4.30. The molecule has 0 radical (unpaired) electrons. The molecule has 7 heteroatoms. The summed E-state index contributed by atoms with van der Waals surface area (Å²) in [6.45, 7) is 7.47. The first-order chi connectivity index (χ1) is 10.7. The van der Waals surface area contributed by atoms with Gasteiger partial charge in [-0.25, -0.2) is 0 Å². The van der Waals surface area contributed by atoms with Gasteiger partial charge in [-0.1, -0.05) is 0 Å². The third-order valence-corrected chi connectivity index (χ3v) is 4.30. The quantitative estimate of drug-likeness (QED) is 0.219. The summed E-state index contributed by atoms with van der Waals surface area (Å²) in [6, 6.07) is 0. The maximum atomic E-state index is 10.1. The highest BCUT2D eigenvalue weighted by molar-refractivity contribution is 14.0. The zero-order chi connectivity index (χ0) is 15.7. The van der Waals surface area contributed by atoms with E-state index in [-0.39, 0.29) is 24.0 Å². The van der Waals surface area contributed by atoms with Gasteiger partial charge in [0.1, 0.15) is 0 Å². The van der Waals surface area contributed by atoms with Crippen LogP contribution in [0.2, 0.25) is 0 Å². The molecule has 0 aromatic rings. The first-order valence-corrected chi connectivity index (χ1v) is 8.62. The standard InChI is InChI=1S/C16H31N3O3.HI/c1-2-17-15(19-13-16(20)6-3-7-16)18-8-4-9-21-11-14-5-10-22-12-14;/h14,20H,2-13H2,1H3,(H2,17,18,19);1H. The topological polar surface area (TPSA) is 75.1 Å². The fourth-order valence-corrected chi connectivity index (χ4v) is 2.66. The number of guanidine groups is 1. The molecule has 1 unspecified atom stereocenters. The van der Waals surface area contributed by atoms with Crippen LogP contribution < -0.4 is 10.6 Å². The van der Waals surface area contributed by atoms with E-state index in [1.807, 2.05) is 6.92 Å². The molecular weight excluding hydrogens is 409 g/mol. The van der Waals surface area contributed by atoms with Gasteiger partial charge in [0.25, 0.3) is 0 Å². The monoisotopic (exact) mass is 441 g/mol. The number of halogens is 1. The highest BCUT2D eigenvalue weighted by Gasteiger charge is 2.34.